The van der Waals surface area contributed by atoms with Crippen molar-refractivity contribution < 1.29 is 62.0 Å². The topological polar surface area (TPSA) is 255 Å². The molecule has 3 aromatic carbocycles. The number of pyridine rings is 6. The minimum Gasteiger partial charge on any atom is -0.419 e. The van der Waals surface area contributed by atoms with E-state index in [-0.39, 0.29) is 87.1 Å². The van der Waals surface area contributed by atoms with E-state index in [0.29, 0.717) is 33.4 Å². The van der Waals surface area contributed by atoms with Crippen LogP contribution < -0.4 is 28.4 Å². The Labute approximate surface area is 455 Å². The van der Waals surface area contributed by atoms with Gasteiger partial charge in [-0.3, -0.25) is 34.7 Å². The van der Waals surface area contributed by atoms with Crippen LogP contribution in [-0.4, -0.2) is 91.1 Å². The second-order valence-corrected chi connectivity index (χ2v) is 17.6. The fraction of sp³-hybridized carbons (Fsp3) is 0.0833. The quantitative estimate of drug-likeness (QED) is 0.0599. The summed E-state index contributed by atoms with van der Waals surface area (Å²) < 4.78 is 36.1. The van der Waals surface area contributed by atoms with Gasteiger partial charge in [-0.15, -0.1) is 0 Å². The lowest BCUT2D eigenvalue weighted by Crippen LogP contribution is -2.14. The first-order chi connectivity index (χ1) is 38.9. The Morgan fingerprint density at radius 2 is 0.450 bits per heavy atom. The van der Waals surface area contributed by atoms with Gasteiger partial charge in [0.1, 0.15) is 0 Å². The van der Waals surface area contributed by atoms with Crippen LogP contribution in [0, 0.1) is 0 Å². The van der Waals surface area contributed by atoms with E-state index < -0.39 is 35.8 Å². The van der Waals surface area contributed by atoms with Crippen LogP contribution in [0.2, 0.25) is 0 Å². The first-order valence-corrected chi connectivity index (χ1v) is 24.2. The lowest BCUT2D eigenvalue weighted by Gasteiger charge is -2.18. The summed E-state index contributed by atoms with van der Waals surface area (Å²) in [7, 11) is 3.38. The molecule has 20 nitrogen and oxygen atoms in total. The Balaban J connectivity index is 0.00000148. The van der Waals surface area contributed by atoms with Gasteiger partial charge in [0, 0.05) is 88.5 Å². The highest BCUT2D eigenvalue weighted by Gasteiger charge is 2.28. The van der Waals surface area contributed by atoms with Crippen LogP contribution >= 0.6 is 0 Å². The van der Waals surface area contributed by atoms with Crippen LogP contribution in [-0.2, 0) is 24.1 Å². The zero-order chi connectivity index (χ0) is 56.0. The molecule has 6 heterocycles. The largest absolute Gasteiger partial charge is 0.419 e. The minimum atomic E-state index is -0.784. The number of nitrogens with zero attached hydrogens (tertiary/aromatic N) is 7. The number of amides is 1. The molecular weight excluding hydrogens is 1030 g/mol. The van der Waals surface area contributed by atoms with Crippen molar-refractivity contribution in [3.63, 3.8) is 0 Å². The molecule has 0 saturated carbocycles. The number of carbonyl (C=O) groups excluding carboxylic acids is 7. The molecule has 10 rings (SSSR count). The fourth-order valence-electron chi connectivity index (χ4n) is 7.89. The highest BCUT2D eigenvalue weighted by molar-refractivity contribution is 5.95. The normalized spacial score (nSPS) is 11.1. The Morgan fingerprint density at radius 1 is 0.312 bits per heavy atom. The van der Waals surface area contributed by atoms with E-state index in [1.54, 1.807) is 50.5 Å². The van der Waals surface area contributed by atoms with Gasteiger partial charge in [-0.25, -0.2) is 28.8 Å². The fourth-order valence-corrected chi connectivity index (χ4v) is 7.89. The summed E-state index contributed by atoms with van der Waals surface area (Å²) in [5.41, 5.74) is 4.11. The van der Waals surface area contributed by atoms with Crippen molar-refractivity contribution in [3.8, 4) is 34.5 Å². The molecule has 0 saturated heterocycles. The van der Waals surface area contributed by atoms with Gasteiger partial charge in [-0.1, -0.05) is 0 Å². The van der Waals surface area contributed by atoms with Gasteiger partial charge in [0.05, 0.1) is 33.4 Å². The molecule has 0 radical (unpaired) electrons. The van der Waals surface area contributed by atoms with Crippen molar-refractivity contribution >= 4 is 42.2 Å². The predicted octanol–water partition coefficient (Wildman–Crippen LogP) is 8.16. The maximum absolute atomic E-state index is 13.8. The van der Waals surface area contributed by atoms with Gasteiger partial charge in [0.2, 0.25) is 6.41 Å². The summed E-state index contributed by atoms with van der Waals surface area (Å²) in [5.74, 6) is -5.48. The Bertz CT molecular complexity index is 3130. The molecule has 0 N–H and O–H groups in total. The van der Waals surface area contributed by atoms with Crippen molar-refractivity contribution in [3.05, 3.63) is 250 Å². The van der Waals surface area contributed by atoms with Crippen LogP contribution in [0.1, 0.15) is 95.5 Å². The Hall–Kier alpha value is -11.2. The van der Waals surface area contributed by atoms with Crippen molar-refractivity contribution in [1.82, 2.24) is 34.8 Å². The van der Waals surface area contributed by atoms with Crippen LogP contribution in [0.3, 0.4) is 0 Å². The first kappa shape index (κ1) is 53.7. The lowest BCUT2D eigenvalue weighted by molar-refractivity contribution is -0.115. The summed E-state index contributed by atoms with van der Waals surface area (Å²) in [5, 5.41) is 0. The highest BCUT2D eigenvalue weighted by atomic mass is 16.6. The van der Waals surface area contributed by atoms with Crippen LogP contribution in [0.4, 0.5) is 0 Å². The highest BCUT2D eigenvalue weighted by Crippen LogP contribution is 2.42. The molecule has 0 bridgehead atoms. The van der Waals surface area contributed by atoms with E-state index in [2.05, 4.69) is 29.9 Å². The van der Waals surface area contributed by atoms with Crippen molar-refractivity contribution in [2.45, 2.75) is 19.3 Å². The minimum absolute atomic E-state index is 0.0448. The number of aromatic nitrogens is 6. The predicted molar refractivity (Wildman–Crippen MR) is 283 cm³/mol. The molecule has 9 aromatic rings. The van der Waals surface area contributed by atoms with Gasteiger partial charge in [-0.05, 0) is 162 Å². The number of rotatable bonds is 13. The molecular formula is C60H43N7O13. The summed E-state index contributed by atoms with van der Waals surface area (Å²) in [6.45, 7) is 0. The smallest absolute Gasteiger partial charge is 0.343 e. The van der Waals surface area contributed by atoms with Gasteiger partial charge in [-0.2, -0.15) is 0 Å². The average molecular weight is 1070 g/mol. The molecule has 0 spiro atoms. The van der Waals surface area contributed by atoms with E-state index in [1.807, 2.05) is 0 Å². The maximum atomic E-state index is 13.8. The first-order valence-electron chi connectivity index (χ1n) is 24.2. The second-order valence-electron chi connectivity index (χ2n) is 17.6. The molecule has 80 heavy (non-hydrogen) atoms. The Morgan fingerprint density at radius 3 is 0.575 bits per heavy atom. The number of carbonyl (C=O) groups is 7. The molecule has 0 aliphatic heterocycles. The molecule has 1 amide bonds. The average Bonchev–Trinajstić information content (AvgIpc) is 3.55. The third-order valence-electron chi connectivity index (χ3n) is 11.9. The molecule has 396 valence electrons. The molecule has 1 aliphatic carbocycles. The second kappa shape index (κ2) is 25.1. The third-order valence-corrected chi connectivity index (χ3v) is 11.9. The number of ether oxygens (including phenoxy) is 6. The van der Waals surface area contributed by atoms with Crippen molar-refractivity contribution in [2.75, 3.05) is 14.1 Å². The van der Waals surface area contributed by atoms with Crippen molar-refractivity contribution in [1.29, 1.82) is 0 Å². The number of fused-ring (bicyclic) bond motifs is 3. The van der Waals surface area contributed by atoms with Gasteiger partial charge in [0.15, 0.2) is 34.5 Å². The molecule has 0 fully saturated rings. The summed E-state index contributed by atoms with van der Waals surface area (Å²) in [6.07, 6.45) is 18.0. The monoisotopic (exact) mass is 1070 g/mol. The van der Waals surface area contributed by atoms with E-state index in [1.165, 1.54) is 152 Å². The van der Waals surface area contributed by atoms with E-state index in [4.69, 9.17) is 28.4 Å². The van der Waals surface area contributed by atoms with E-state index in [0.717, 1.165) is 6.41 Å². The summed E-state index contributed by atoms with van der Waals surface area (Å²) in [6, 6.07) is 26.9. The van der Waals surface area contributed by atoms with Crippen LogP contribution in [0.5, 0.6) is 34.5 Å². The van der Waals surface area contributed by atoms with E-state index in [9.17, 15) is 33.6 Å². The molecule has 1 aliphatic rings. The number of benzene rings is 3. The van der Waals surface area contributed by atoms with E-state index >= 15 is 0 Å². The zero-order valence-corrected chi connectivity index (χ0v) is 42.5. The molecule has 0 unspecified atom stereocenters. The third kappa shape index (κ3) is 13.4. The zero-order valence-electron chi connectivity index (χ0n) is 42.5. The standard InChI is InChI=1S/C57H36N6O12.C3H7NO/c64-52(34-1-13-58-14-2-34)70-46-28-40-25-42-30-48(72-54(66)36-5-17-60-18-6-36)50(74-56(68)38-9-21-62-22-10-38)32-44(42)27-45-33-51(75-57(69)39-11-23-63-24-12-39)49(73-55(67)37-7-19-61-20-8-37)31-43(45)26-41(40)29-47(46)71-53(65)35-3-15-59-16-4-35;1-4(2)3-5/h1-24,28-33H,25-27H2;3H,1-2H3. The Kier molecular flexibility index (Phi) is 16.9. The summed E-state index contributed by atoms with van der Waals surface area (Å²) in [4.78, 5) is 117. The number of esters is 6. The van der Waals surface area contributed by atoms with Crippen LogP contribution in [0.25, 0.3) is 0 Å². The van der Waals surface area contributed by atoms with Crippen molar-refractivity contribution in [2.24, 2.45) is 0 Å². The number of hydrogen-bond acceptors (Lipinski definition) is 19. The maximum Gasteiger partial charge on any atom is 0.343 e. The molecule has 6 aromatic heterocycles. The summed E-state index contributed by atoms with van der Waals surface area (Å²) >= 11 is 0. The van der Waals surface area contributed by atoms with Gasteiger partial charge in [0.25, 0.3) is 0 Å². The molecule has 0 atom stereocenters. The van der Waals surface area contributed by atoms with Gasteiger partial charge < -0.3 is 33.3 Å². The lowest BCUT2D eigenvalue weighted by atomic mass is 9.94. The van der Waals surface area contributed by atoms with Crippen LogP contribution in [0.15, 0.2) is 184 Å². The van der Waals surface area contributed by atoms with Gasteiger partial charge >= 0.3 is 35.8 Å². The number of hydrogen-bond donors (Lipinski definition) is 0. The SMILES string of the molecule is CN(C)C=O.O=C(Oc1cc2c(cc1OC(=O)c1ccncc1)Cc1cc(OC(=O)c3ccncc3)c(OC(=O)c3ccncc3)cc1Cc1cc(OC(=O)c3ccncc3)c(OC(=O)c3ccncc3)cc1C2)c1ccncc1. The molecule has 20 heteroatoms.